The molecule has 5 rings (SSSR count). The molecule has 1 aliphatic carbocycles. The van der Waals surface area contributed by atoms with Gasteiger partial charge in [0, 0.05) is 5.25 Å². The van der Waals surface area contributed by atoms with Crippen molar-refractivity contribution < 1.29 is 13.9 Å². The third-order valence-electron chi connectivity index (χ3n) is 5.66. The Morgan fingerprint density at radius 1 is 1.24 bits per heavy atom. The SMILES string of the molecule is Cc1ccccc1OCC1=NN2C(=N)/C(=C\c3ccc(SC4CCCCC4)o3)C(=O)N=C2S1. The van der Waals surface area contributed by atoms with Crippen LogP contribution in [0.1, 0.15) is 43.4 Å². The van der Waals surface area contributed by atoms with Gasteiger partial charge in [-0.2, -0.15) is 15.1 Å². The first-order chi connectivity index (χ1) is 16.1. The molecule has 33 heavy (non-hydrogen) atoms. The van der Waals surface area contributed by atoms with Crippen LogP contribution in [-0.4, -0.2) is 38.8 Å². The summed E-state index contributed by atoms with van der Waals surface area (Å²) in [5, 5.41) is 16.8. The fraction of sp³-hybridized carbons (Fsp3) is 0.333. The molecule has 0 atom stereocenters. The van der Waals surface area contributed by atoms with E-state index in [4.69, 9.17) is 14.6 Å². The molecule has 1 fully saturated rings. The van der Waals surface area contributed by atoms with Gasteiger partial charge < -0.3 is 9.15 Å². The summed E-state index contributed by atoms with van der Waals surface area (Å²) in [6.45, 7) is 2.22. The summed E-state index contributed by atoms with van der Waals surface area (Å²) in [4.78, 5) is 16.8. The molecule has 1 saturated carbocycles. The summed E-state index contributed by atoms with van der Waals surface area (Å²) in [6, 6.07) is 11.5. The molecule has 7 nitrogen and oxygen atoms in total. The number of carbonyl (C=O) groups excluding carboxylic acids is 1. The predicted molar refractivity (Wildman–Crippen MR) is 133 cm³/mol. The van der Waals surface area contributed by atoms with Gasteiger partial charge in [0.2, 0.25) is 5.17 Å². The van der Waals surface area contributed by atoms with Gasteiger partial charge >= 0.3 is 0 Å². The van der Waals surface area contributed by atoms with Crippen molar-refractivity contribution in [2.45, 2.75) is 49.4 Å². The molecule has 0 saturated heterocycles. The highest BCUT2D eigenvalue weighted by Gasteiger charge is 2.36. The molecule has 170 valence electrons. The van der Waals surface area contributed by atoms with Crippen LogP contribution in [0, 0.1) is 12.3 Å². The monoisotopic (exact) mass is 480 g/mol. The maximum atomic E-state index is 12.6. The van der Waals surface area contributed by atoms with Gasteiger partial charge in [-0.15, -0.1) is 0 Å². The van der Waals surface area contributed by atoms with Crippen LogP contribution in [-0.2, 0) is 4.79 Å². The highest BCUT2D eigenvalue weighted by molar-refractivity contribution is 8.27. The lowest BCUT2D eigenvalue weighted by molar-refractivity contribution is -0.114. The topological polar surface area (TPSA) is 91.2 Å². The number of nitrogens with zero attached hydrogens (tertiary/aromatic N) is 3. The van der Waals surface area contributed by atoms with Gasteiger partial charge in [-0.3, -0.25) is 10.2 Å². The highest BCUT2D eigenvalue weighted by atomic mass is 32.2. The summed E-state index contributed by atoms with van der Waals surface area (Å²) in [5.41, 5.74) is 1.19. The normalized spacial score (nSPS) is 20.2. The van der Waals surface area contributed by atoms with E-state index in [9.17, 15) is 4.79 Å². The van der Waals surface area contributed by atoms with Crippen LogP contribution in [0.5, 0.6) is 5.75 Å². The van der Waals surface area contributed by atoms with Gasteiger partial charge in [-0.1, -0.05) is 49.2 Å². The van der Waals surface area contributed by atoms with E-state index in [2.05, 4.69) is 10.1 Å². The van der Waals surface area contributed by atoms with Gasteiger partial charge in [-0.25, -0.2) is 0 Å². The number of furan rings is 1. The van der Waals surface area contributed by atoms with Crippen molar-refractivity contribution in [1.29, 1.82) is 5.41 Å². The molecule has 1 aromatic carbocycles. The molecule has 0 unspecified atom stereocenters. The van der Waals surface area contributed by atoms with E-state index < -0.39 is 5.91 Å². The molecular formula is C24H24N4O3S2. The van der Waals surface area contributed by atoms with Crippen LogP contribution in [0.2, 0.25) is 0 Å². The Balaban J connectivity index is 1.27. The van der Waals surface area contributed by atoms with Crippen molar-refractivity contribution in [1.82, 2.24) is 5.01 Å². The average Bonchev–Trinajstić information content (AvgIpc) is 3.43. The van der Waals surface area contributed by atoms with Crippen LogP contribution in [0.25, 0.3) is 6.08 Å². The van der Waals surface area contributed by atoms with Gasteiger partial charge in [0.1, 0.15) is 23.2 Å². The second-order valence-corrected chi connectivity index (χ2v) is 10.4. The average molecular weight is 481 g/mol. The minimum Gasteiger partial charge on any atom is -0.486 e. The Morgan fingerprint density at radius 2 is 2.06 bits per heavy atom. The minimum absolute atomic E-state index is 0.0127. The molecule has 0 bridgehead atoms. The third kappa shape index (κ3) is 4.94. The number of amidine groups is 2. The zero-order valence-corrected chi connectivity index (χ0v) is 19.9. The number of amides is 1. The van der Waals surface area contributed by atoms with E-state index in [1.807, 2.05) is 43.3 Å². The number of benzene rings is 1. The van der Waals surface area contributed by atoms with Crippen LogP contribution in [0.4, 0.5) is 0 Å². The summed E-state index contributed by atoms with van der Waals surface area (Å²) < 4.78 is 11.8. The molecule has 3 aliphatic rings. The molecular weight excluding hydrogens is 456 g/mol. The number of aliphatic imine (C=N–C) groups is 1. The first-order valence-electron chi connectivity index (χ1n) is 11.0. The molecule has 3 heterocycles. The number of aryl methyl sites for hydroxylation is 1. The standard InChI is InChI=1S/C24H24N4O3S2/c1-15-7-5-6-10-19(15)30-14-20-27-28-22(25)18(23(29)26-24(28)33-20)13-16-11-12-21(31-16)32-17-8-3-2-4-9-17/h5-7,10-13,17,25H,2-4,8-9,14H2,1H3/b18-13+,25-22?. The van der Waals surface area contributed by atoms with E-state index in [0.29, 0.717) is 21.2 Å². The fourth-order valence-corrected chi connectivity index (χ4v) is 5.90. The number of para-hydroxylation sites is 1. The summed E-state index contributed by atoms with van der Waals surface area (Å²) in [5.74, 6) is 0.840. The van der Waals surface area contributed by atoms with Gasteiger partial charge in [0.05, 0.1) is 5.57 Å². The molecule has 1 aromatic heterocycles. The number of nitrogens with one attached hydrogen (secondary N) is 1. The predicted octanol–water partition coefficient (Wildman–Crippen LogP) is 5.71. The summed E-state index contributed by atoms with van der Waals surface area (Å²) >= 11 is 3.00. The van der Waals surface area contributed by atoms with Crippen molar-refractivity contribution in [3.05, 3.63) is 53.3 Å². The van der Waals surface area contributed by atoms with Crippen molar-refractivity contribution >= 4 is 51.6 Å². The number of rotatable bonds is 6. The van der Waals surface area contributed by atoms with E-state index in [-0.39, 0.29) is 18.0 Å². The Bertz CT molecular complexity index is 1180. The second-order valence-electron chi connectivity index (χ2n) is 8.10. The largest absolute Gasteiger partial charge is 0.486 e. The lowest BCUT2D eigenvalue weighted by atomic mass is 10.0. The first-order valence-corrected chi connectivity index (χ1v) is 12.7. The number of hydrogen-bond acceptors (Lipinski definition) is 7. The van der Waals surface area contributed by atoms with Crippen LogP contribution in [0.15, 0.2) is 61.6 Å². The number of thioether (sulfide) groups is 2. The summed E-state index contributed by atoms with van der Waals surface area (Å²) in [6.07, 6.45) is 7.86. The van der Waals surface area contributed by atoms with Crippen molar-refractivity contribution in [3.8, 4) is 5.75 Å². The van der Waals surface area contributed by atoms with Crippen LogP contribution >= 0.6 is 23.5 Å². The van der Waals surface area contributed by atoms with E-state index in [0.717, 1.165) is 16.4 Å². The van der Waals surface area contributed by atoms with Crippen molar-refractivity contribution in [2.75, 3.05) is 6.61 Å². The molecule has 0 spiro atoms. The Labute approximate surface area is 200 Å². The van der Waals surface area contributed by atoms with E-state index in [1.54, 1.807) is 17.8 Å². The highest BCUT2D eigenvalue weighted by Crippen LogP contribution is 2.35. The molecule has 2 aliphatic heterocycles. The third-order valence-corrected chi connectivity index (χ3v) is 7.80. The van der Waals surface area contributed by atoms with Crippen molar-refractivity contribution in [2.24, 2.45) is 10.1 Å². The molecule has 0 radical (unpaired) electrons. The summed E-state index contributed by atoms with van der Waals surface area (Å²) in [7, 11) is 0. The quantitative estimate of drug-likeness (QED) is 0.533. The zero-order valence-electron chi connectivity index (χ0n) is 18.2. The molecule has 1 N–H and O–H groups in total. The first kappa shape index (κ1) is 22.0. The molecule has 1 amide bonds. The maximum Gasteiger partial charge on any atom is 0.283 e. The molecule has 2 aromatic rings. The lowest BCUT2D eigenvalue weighted by Gasteiger charge is -2.20. The van der Waals surface area contributed by atoms with Crippen molar-refractivity contribution in [3.63, 3.8) is 0 Å². The smallest absolute Gasteiger partial charge is 0.283 e. The number of ether oxygens (including phenoxy) is 1. The van der Waals surface area contributed by atoms with Gasteiger partial charge in [0.25, 0.3) is 5.91 Å². The van der Waals surface area contributed by atoms with Crippen LogP contribution < -0.4 is 4.74 Å². The van der Waals surface area contributed by atoms with Gasteiger partial charge in [-0.05, 0) is 61.4 Å². The number of hydrazone groups is 1. The molecule has 9 heteroatoms. The van der Waals surface area contributed by atoms with E-state index >= 15 is 0 Å². The maximum absolute atomic E-state index is 12.6. The minimum atomic E-state index is -0.465. The number of hydrogen-bond donors (Lipinski definition) is 1. The van der Waals surface area contributed by atoms with Crippen LogP contribution in [0.3, 0.4) is 0 Å². The number of carbonyl (C=O) groups is 1. The second kappa shape index (κ2) is 9.61. The Kier molecular flexibility index (Phi) is 6.41. The van der Waals surface area contributed by atoms with E-state index in [1.165, 1.54) is 48.9 Å². The Morgan fingerprint density at radius 3 is 2.88 bits per heavy atom. The zero-order chi connectivity index (χ0) is 22.8. The Hall–Kier alpha value is -2.78. The lowest BCUT2D eigenvalue weighted by Crippen LogP contribution is -2.35. The number of fused-ring (bicyclic) bond motifs is 1. The van der Waals surface area contributed by atoms with Gasteiger partial charge in [0.15, 0.2) is 10.9 Å². The fourth-order valence-electron chi connectivity index (χ4n) is 3.91.